The Morgan fingerprint density at radius 1 is 1.15 bits per heavy atom. The van der Waals surface area contributed by atoms with Crippen LogP contribution in [-0.4, -0.2) is 31.6 Å². The second-order valence-corrected chi connectivity index (χ2v) is 6.96. The molecule has 0 fully saturated rings. The van der Waals surface area contributed by atoms with E-state index in [1.807, 2.05) is 37.3 Å². The van der Waals surface area contributed by atoms with Crippen molar-refractivity contribution >= 4 is 39.2 Å². The average Bonchev–Trinajstić information content (AvgIpc) is 2.88. The standard InChI is InChI=1S/C19H21BrN4O3/c1-12-3-4-13(20)9-15(12)24-18(25)11-22-19(21)23-14-5-6-16-17(10-14)27-8-2-7-26-16/h3-6,9-10H,2,7-8,11H2,1H3,(H,24,25)(H3,21,22,23). The Labute approximate surface area is 166 Å². The highest BCUT2D eigenvalue weighted by molar-refractivity contribution is 9.10. The van der Waals surface area contributed by atoms with Gasteiger partial charge in [-0.25, -0.2) is 4.99 Å². The van der Waals surface area contributed by atoms with E-state index in [0.29, 0.717) is 30.4 Å². The summed E-state index contributed by atoms with van der Waals surface area (Å²) in [5.41, 5.74) is 8.30. The van der Waals surface area contributed by atoms with E-state index in [4.69, 9.17) is 15.2 Å². The van der Waals surface area contributed by atoms with Gasteiger partial charge in [-0.1, -0.05) is 22.0 Å². The van der Waals surface area contributed by atoms with Crippen LogP contribution in [0.5, 0.6) is 11.5 Å². The molecule has 0 bridgehead atoms. The number of carbonyl (C=O) groups is 1. The molecule has 7 nitrogen and oxygen atoms in total. The van der Waals surface area contributed by atoms with Gasteiger partial charge in [0.05, 0.1) is 13.2 Å². The van der Waals surface area contributed by atoms with Crippen molar-refractivity contribution in [2.75, 3.05) is 30.4 Å². The highest BCUT2D eigenvalue weighted by Gasteiger charge is 2.11. The fraction of sp³-hybridized carbons (Fsp3) is 0.263. The van der Waals surface area contributed by atoms with Crippen LogP contribution in [-0.2, 0) is 4.79 Å². The van der Waals surface area contributed by atoms with Gasteiger partial charge in [0.25, 0.3) is 0 Å². The van der Waals surface area contributed by atoms with Crippen molar-refractivity contribution in [1.82, 2.24) is 0 Å². The van der Waals surface area contributed by atoms with Crippen LogP contribution >= 0.6 is 15.9 Å². The number of carbonyl (C=O) groups excluding carboxylic acids is 1. The number of guanidine groups is 1. The van der Waals surface area contributed by atoms with E-state index in [9.17, 15) is 4.79 Å². The number of aryl methyl sites for hydroxylation is 1. The molecule has 27 heavy (non-hydrogen) atoms. The zero-order valence-electron chi connectivity index (χ0n) is 14.9. The number of rotatable bonds is 4. The lowest BCUT2D eigenvalue weighted by Crippen LogP contribution is -2.25. The third-order valence-electron chi connectivity index (χ3n) is 3.89. The molecule has 8 heteroatoms. The lowest BCUT2D eigenvalue weighted by Gasteiger charge is -2.11. The predicted octanol–water partition coefficient (Wildman–Crippen LogP) is 3.28. The Morgan fingerprint density at radius 2 is 1.93 bits per heavy atom. The molecule has 0 radical (unpaired) electrons. The van der Waals surface area contributed by atoms with E-state index in [1.54, 1.807) is 6.07 Å². The molecular weight excluding hydrogens is 412 g/mol. The van der Waals surface area contributed by atoms with Crippen molar-refractivity contribution in [3.8, 4) is 11.5 Å². The molecule has 0 aromatic heterocycles. The quantitative estimate of drug-likeness (QED) is 0.508. The average molecular weight is 433 g/mol. The van der Waals surface area contributed by atoms with E-state index in [0.717, 1.165) is 22.1 Å². The number of hydrogen-bond donors (Lipinski definition) is 3. The van der Waals surface area contributed by atoms with Gasteiger partial charge in [0.15, 0.2) is 17.5 Å². The third kappa shape index (κ3) is 5.37. The molecule has 0 saturated heterocycles. The third-order valence-corrected chi connectivity index (χ3v) is 4.38. The lowest BCUT2D eigenvalue weighted by atomic mass is 10.2. The molecule has 0 saturated carbocycles. The van der Waals surface area contributed by atoms with Crippen LogP contribution in [0, 0.1) is 6.92 Å². The van der Waals surface area contributed by atoms with Gasteiger partial charge in [-0.3, -0.25) is 4.79 Å². The molecule has 0 atom stereocenters. The van der Waals surface area contributed by atoms with Crippen molar-refractivity contribution in [3.05, 3.63) is 46.4 Å². The SMILES string of the molecule is Cc1ccc(Br)cc1NC(=O)CN=C(N)Nc1ccc2c(c1)OCCCO2. The Bertz CT molecular complexity index is 870. The first-order chi connectivity index (χ1) is 13.0. The molecule has 1 aliphatic rings. The summed E-state index contributed by atoms with van der Waals surface area (Å²) in [6, 6.07) is 11.1. The number of aliphatic imine (C=N–C) groups is 1. The summed E-state index contributed by atoms with van der Waals surface area (Å²) < 4.78 is 12.1. The number of amides is 1. The predicted molar refractivity (Wildman–Crippen MR) is 110 cm³/mol. The molecule has 0 unspecified atom stereocenters. The molecule has 3 rings (SSSR count). The largest absolute Gasteiger partial charge is 0.490 e. The highest BCUT2D eigenvalue weighted by Crippen LogP contribution is 2.32. The number of nitrogens with two attached hydrogens (primary N) is 1. The van der Waals surface area contributed by atoms with Crippen molar-refractivity contribution in [2.24, 2.45) is 10.7 Å². The second kappa shape index (κ2) is 8.77. The van der Waals surface area contributed by atoms with Crippen LogP contribution in [0.2, 0.25) is 0 Å². The van der Waals surface area contributed by atoms with E-state index in [-0.39, 0.29) is 18.4 Å². The number of benzene rings is 2. The number of nitrogens with zero attached hydrogens (tertiary/aromatic N) is 1. The first-order valence-electron chi connectivity index (χ1n) is 8.54. The van der Waals surface area contributed by atoms with Gasteiger partial charge in [-0.15, -0.1) is 0 Å². The molecule has 1 amide bonds. The maximum atomic E-state index is 12.1. The van der Waals surface area contributed by atoms with Crippen LogP contribution < -0.4 is 25.8 Å². The monoisotopic (exact) mass is 432 g/mol. The van der Waals surface area contributed by atoms with Gasteiger partial charge in [0.2, 0.25) is 5.91 Å². The van der Waals surface area contributed by atoms with Crippen molar-refractivity contribution in [1.29, 1.82) is 0 Å². The smallest absolute Gasteiger partial charge is 0.246 e. The Morgan fingerprint density at radius 3 is 2.74 bits per heavy atom. The van der Waals surface area contributed by atoms with Crippen LogP contribution in [0.15, 0.2) is 45.9 Å². The topological polar surface area (TPSA) is 98.0 Å². The van der Waals surface area contributed by atoms with Gasteiger partial charge in [0.1, 0.15) is 6.54 Å². The zero-order chi connectivity index (χ0) is 19.2. The molecule has 0 aliphatic carbocycles. The molecule has 142 valence electrons. The van der Waals surface area contributed by atoms with Gasteiger partial charge in [-0.2, -0.15) is 0 Å². The number of ether oxygens (including phenoxy) is 2. The Kier molecular flexibility index (Phi) is 6.18. The summed E-state index contributed by atoms with van der Waals surface area (Å²) >= 11 is 3.39. The van der Waals surface area contributed by atoms with E-state index in [1.165, 1.54) is 0 Å². The summed E-state index contributed by atoms with van der Waals surface area (Å²) in [4.78, 5) is 16.2. The molecule has 1 aliphatic heterocycles. The van der Waals surface area contributed by atoms with Crippen molar-refractivity contribution in [3.63, 3.8) is 0 Å². The summed E-state index contributed by atoms with van der Waals surface area (Å²) in [5.74, 6) is 1.26. The van der Waals surface area contributed by atoms with Gasteiger partial charge >= 0.3 is 0 Å². The Balaban J connectivity index is 1.58. The number of anilines is 2. The maximum absolute atomic E-state index is 12.1. The van der Waals surface area contributed by atoms with Gasteiger partial charge in [0, 0.05) is 28.3 Å². The van der Waals surface area contributed by atoms with Gasteiger partial charge < -0.3 is 25.8 Å². The maximum Gasteiger partial charge on any atom is 0.246 e. The minimum atomic E-state index is -0.250. The molecular formula is C19H21BrN4O3. The normalized spacial score (nSPS) is 13.6. The summed E-state index contributed by atoms with van der Waals surface area (Å²) in [5, 5.41) is 5.78. The fourth-order valence-corrected chi connectivity index (χ4v) is 2.87. The number of nitrogens with one attached hydrogen (secondary N) is 2. The van der Waals surface area contributed by atoms with Crippen LogP contribution in [0.3, 0.4) is 0 Å². The molecule has 2 aromatic rings. The minimum Gasteiger partial charge on any atom is -0.490 e. The summed E-state index contributed by atoms with van der Waals surface area (Å²) in [6.45, 7) is 3.08. The van der Waals surface area contributed by atoms with Crippen LogP contribution in [0.4, 0.5) is 11.4 Å². The fourth-order valence-electron chi connectivity index (χ4n) is 2.50. The van der Waals surface area contributed by atoms with Crippen LogP contribution in [0.1, 0.15) is 12.0 Å². The molecule has 1 heterocycles. The second-order valence-electron chi connectivity index (χ2n) is 6.05. The van der Waals surface area contributed by atoms with Crippen molar-refractivity contribution in [2.45, 2.75) is 13.3 Å². The number of fused-ring (bicyclic) bond motifs is 1. The van der Waals surface area contributed by atoms with E-state index < -0.39 is 0 Å². The lowest BCUT2D eigenvalue weighted by molar-refractivity contribution is -0.114. The first-order valence-corrected chi connectivity index (χ1v) is 9.33. The molecule has 0 spiro atoms. The Hall–Kier alpha value is -2.74. The zero-order valence-corrected chi connectivity index (χ0v) is 16.5. The number of halogens is 1. The van der Waals surface area contributed by atoms with E-state index >= 15 is 0 Å². The summed E-state index contributed by atoms with van der Waals surface area (Å²) in [6.07, 6.45) is 0.841. The highest BCUT2D eigenvalue weighted by atomic mass is 79.9. The summed E-state index contributed by atoms with van der Waals surface area (Å²) in [7, 11) is 0. The van der Waals surface area contributed by atoms with Crippen LogP contribution in [0.25, 0.3) is 0 Å². The van der Waals surface area contributed by atoms with Gasteiger partial charge in [-0.05, 0) is 36.8 Å². The molecule has 2 aromatic carbocycles. The number of hydrogen-bond acceptors (Lipinski definition) is 4. The molecule has 4 N–H and O–H groups in total. The van der Waals surface area contributed by atoms with E-state index in [2.05, 4.69) is 31.6 Å². The first kappa shape index (κ1) is 19.0. The van der Waals surface area contributed by atoms with Crippen molar-refractivity contribution < 1.29 is 14.3 Å². The minimum absolute atomic E-state index is 0.0880.